The van der Waals surface area contributed by atoms with Crippen LogP contribution in [0.5, 0.6) is 0 Å². The summed E-state index contributed by atoms with van der Waals surface area (Å²) in [5, 5.41) is 12.0. The Morgan fingerprint density at radius 2 is 2.14 bits per heavy atom. The van der Waals surface area contributed by atoms with Crippen molar-refractivity contribution in [2.24, 2.45) is 0 Å². The Morgan fingerprint density at radius 1 is 1.36 bits per heavy atom. The Balaban J connectivity index is 2.90. The SMILES string of the molecule is [B]c1ccc2cnccc2c1[N+](=O)[O-]. The van der Waals surface area contributed by atoms with Crippen LogP contribution in [0.25, 0.3) is 10.8 Å². The molecule has 1 aromatic heterocycles. The van der Waals surface area contributed by atoms with Gasteiger partial charge in [-0.15, -0.1) is 0 Å². The van der Waals surface area contributed by atoms with E-state index in [1.54, 1.807) is 18.3 Å². The van der Waals surface area contributed by atoms with Crippen LogP contribution in [-0.2, 0) is 0 Å². The summed E-state index contributed by atoms with van der Waals surface area (Å²) in [7, 11) is 5.53. The minimum Gasteiger partial charge on any atom is -0.264 e. The molecule has 66 valence electrons. The summed E-state index contributed by atoms with van der Waals surface area (Å²) in [6.45, 7) is 0. The van der Waals surface area contributed by atoms with Crippen molar-refractivity contribution in [2.45, 2.75) is 0 Å². The zero-order valence-corrected chi connectivity index (χ0v) is 7.18. The van der Waals surface area contributed by atoms with Crippen molar-refractivity contribution in [2.75, 3.05) is 0 Å². The van der Waals surface area contributed by atoms with Crippen molar-refractivity contribution in [1.82, 2.24) is 4.98 Å². The zero-order chi connectivity index (χ0) is 10.1. The Morgan fingerprint density at radius 3 is 2.86 bits per heavy atom. The highest BCUT2D eigenvalue weighted by Crippen LogP contribution is 2.21. The van der Waals surface area contributed by atoms with E-state index in [9.17, 15) is 10.1 Å². The molecule has 2 radical (unpaired) electrons. The maximum atomic E-state index is 10.7. The van der Waals surface area contributed by atoms with E-state index < -0.39 is 4.92 Å². The lowest BCUT2D eigenvalue weighted by Gasteiger charge is -2.01. The Kier molecular flexibility index (Phi) is 1.92. The van der Waals surface area contributed by atoms with Crippen LogP contribution in [-0.4, -0.2) is 17.8 Å². The molecule has 0 atom stereocenters. The minimum atomic E-state index is -0.475. The molecule has 0 aliphatic carbocycles. The van der Waals surface area contributed by atoms with E-state index in [1.807, 2.05) is 0 Å². The second kappa shape index (κ2) is 3.10. The van der Waals surface area contributed by atoms with Crippen molar-refractivity contribution in [1.29, 1.82) is 0 Å². The Hall–Kier alpha value is -1.91. The zero-order valence-electron chi connectivity index (χ0n) is 7.18. The fourth-order valence-corrected chi connectivity index (χ4v) is 1.37. The first-order chi connectivity index (χ1) is 6.70. The quantitative estimate of drug-likeness (QED) is 0.376. The topological polar surface area (TPSA) is 56.0 Å². The first-order valence-corrected chi connectivity index (χ1v) is 3.97. The molecule has 4 nitrogen and oxygen atoms in total. The summed E-state index contributed by atoms with van der Waals surface area (Å²) >= 11 is 0. The number of nitrogens with zero attached hydrogens (tertiary/aromatic N) is 2. The van der Waals surface area contributed by atoms with E-state index in [1.165, 1.54) is 12.3 Å². The van der Waals surface area contributed by atoms with Crippen molar-refractivity contribution in [3.8, 4) is 0 Å². The molecule has 0 bridgehead atoms. The molecule has 0 saturated heterocycles. The van der Waals surface area contributed by atoms with E-state index >= 15 is 0 Å². The van der Waals surface area contributed by atoms with E-state index in [-0.39, 0.29) is 11.2 Å². The molecule has 0 unspecified atom stereocenters. The largest absolute Gasteiger partial charge is 0.270 e. The average Bonchev–Trinajstić information content (AvgIpc) is 2.17. The molecular formula is C9H5BN2O2. The molecule has 1 heterocycles. The summed E-state index contributed by atoms with van der Waals surface area (Å²) in [5.74, 6) is 0. The van der Waals surface area contributed by atoms with Crippen molar-refractivity contribution in [3.05, 3.63) is 40.7 Å². The highest BCUT2D eigenvalue weighted by molar-refractivity contribution is 6.36. The van der Waals surface area contributed by atoms with Crippen LogP contribution in [0, 0.1) is 10.1 Å². The monoisotopic (exact) mass is 184 g/mol. The van der Waals surface area contributed by atoms with Crippen molar-refractivity contribution >= 4 is 29.8 Å². The average molecular weight is 184 g/mol. The van der Waals surface area contributed by atoms with Crippen LogP contribution in [0.4, 0.5) is 5.69 Å². The van der Waals surface area contributed by atoms with Crippen LogP contribution in [0.2, 0.25) is 0 Å². The third-order valence-electron chi connectivity index (χ3n) is 2.01. The van der Waals surface area contributed by atoms with Gasteiger partial charge < -0.3 is 0 Å². The van der Waals surface area contributed by atoms with E-state index in [0.29, 0.717) is 10.8 Å². The number of nitro benzene ring substituents is 1. The van der Waals surface area contributed by atoms with Crippen LogP contribution in [0.3, 0.4) is 0 Å². The molecule has 14 heavy (non-hydrogen) atoms. The van der Waals surface area contributed by atoms with Gasteiger partial charge >= 0.3 is 0 Å². The molecule has 0 aliphatic heterocycles. The van der Waals surface area contributed by atoms with Gasteiger partial charge in [-0.1, -0.05) is 12.1 Å². The third kappa shape index (κ3) is 1.23. The summed E-state index contributed by atoms with van der Waals surface area (Å²) in [6, 6.07) is 4.82. The highest BCUT2D eigenvalue weighted by atomic mass is 16.6. The third-order valence-corrected chi connectivity index (χ3v) is 2.01. The molecule has 2 aromatic rings. The molecule has 0 fully saturated rings. The maximum absolute atomic E-state index is 10.7. The van der Waals surface area contributed by atoms with Crippen LogP contribution in [0.1, 0.15) is 0 Å². The van der Waals surface area contributed by atoms with Gasteiger partial charge in [-0.3, -0.25) is 15.1 Å². The molecule has 0 aliphatic rings. The van der Waals surface area contributed by atoms with Gasteiger partial charge in [0, 0.05) is 17.8 Å². The molecule has 0 N–H and O–H groups in total. The van der Waals surface area contributed by atoms with Crippen molar-refractivity contribution < 1.29 is 4.92 Å². The maximum Gasteiger partial charge on any atom is 0.270 e. The number of hydrogen-bond donors (Lipinski definition) is 0. The number of hydrogen-bond acceptors (Lipinski definition) is 3. The second-order valence-electron chi connectivity index (χ2n) is 2.86. The van der Waals surface area contributed by atoms with Gasteiger partial charge in [-0.2, -0.15) is 0 Å². The predicted octanol–water partition coefficient (Wildman–Crippen LogP) is 0.937. The van der Waals surface area contributed by atoms with Crippen molar-refractivity contribution in [3.63, 3.8) is 0 Å². The lowest BCUT2D eigenvalue weighted by Crippen LogP contribution is -2.09. The number of pyridine rings is 1. The van der Waals surface area contributed by atoms with Gasteiger partial charge in [0.05, 0.1) is 10.3 Å². The first-order valence-electron chi connectivity index (χ1n) is 3.97. The smallest absolute Gasteiger partial charge is 0.264 e. The Labute approximate surface area is 81.1 Å². The number of rotatable bonds is 1. The van der Waals surface area contributed by atoms with Gasteiger partial charge in [0.25, 0.3) is 5.69 Å². The number of aromatic nitrogens is 1. The fourth-order valence-electron chi connectivity index (χ4n) is 1.37. The summed E-state index contributed by atoms with van der Waals surface area (Å²) in [6.07, 6.45) is 3.08. The molecule has 0 spiro atoms. The fraction of sp³-hybridized carbons (Fsp3) is 0. The van der Waals surface area contributed by atoms with E-state index in [0.717, 1.165) is 0 Å². The highest BCUT2D eigenvalue weighted by Gasteiger charge is 2.13. The van der Waals surface area contributed by atoms with Crippen LogP contribution >= 0.6 is 0 Å². The lowest BCUT2D eigenvalue weighted by atomic mass is 9.91. The minimum absolute atomic E-state index is 0.0510. The molecule has 1 aromatic carbocycles. The van der Waals surface area contributed by atoms with E-state index in [4.69, 9.17) is 7.85 Å². The van der Waals surface area contributed by atoms with Gasteiger partial charge in [-0.25, -0.2) is 0 Å². The standard InChI is InChI=1S/C9H5BN2O2/c10-8-2-1-6-5-11-4-3-7(6)9(8)12(13)14/h1-5H. The van der Waals surface area contributed by atoms with E-state index in [2.05, 4.69) is 4.98 Å². The molecule has 0 saturated carbocycles. The number of nitro groups is 1. The molecule has 2 rings (SSSR count). The Bertz CT molecular complexity index is 513. The van der Waals surface area contributed by atoms with Crippen LogP contribution < -0.4 is 5.46 Å². The number of benzene rings is 1. The summed E-state index contributed by atoms with van der Waals surface area (Å²) in [5.41, 5.74) is 0.124. The molecule has 0 amide bonds. The van der Waals surface area contributed by atoms with Gasteiger partial charge in [-0.05, 0) is 11.5 Å². The summed E-state index contributed by atoms with van der Waals surface area (Å²) in [4.78, 5) is 14.1. The lowest BCUT2D eigenvalue weighted by molar-refractivity contribution is -0.381. The first kappa shape index (κ1) is 8.68. The normalized spacial score (nSPS) is 10.3. The van der Waals surface area contributed by atoms with Gasteiger partial charge in [0.15, 0.2) is 0 Å². The summed E-state index contributed by atoms with van der Waals surface area (Å²) < 4.78 is 0. The van der Waals surface area contributed by atoms with Gasteiger partial charge in [0.1, 0.15) is 7.85 Å². The molecular weight excluding hydrogens is 179 g/mol. The second-order valence-corrected chi connectivity index (χ2v) is 2.86. The number of fused-ring (bicyclic) bond motifs is 1. The predicted molar refractivity (Wildman–Crippen MR) is 53.8 cm³/mol. The molecule has 5 heteroatoms. The van der Waals surface area contributed by atoms with Gasteiger partial charge in [0.2, 0.25) is 0 Å². The van der Waals surface area contributed by atoms with Crippen LogP contribution in [0.15, 0.2) is 30.6 Å².